The summed E-state index contributed by atoms with van der Waals surface area (Å²) in [5.74, 6) is 0.906. The average Bonchev–Trinajstić information content (AvgIpc) is 2.71. The topological polar surface area (TPSA) is 38.5 Å². The Morgan fingerprint density at radius 3 is 2.78 bits per heavy atom. The van der Waals surface area contributed by atoms with Crippen LogP contribution in [0.1, 0.15) is 38.3 Å². The number of hydrogen-bond acceptors (Lipinski definition) is 3. The van der Waals surface area contributed by atoms with Crippen molar-refractivity contribution in [1.82, 2.24) is 4.90 Å². The van der Waals surface area contributed by atoms with Gasteiger partial charge in [0.15, 0.2) is 0 Å². The average molecular weight is 248 g/mol. The lowest BCUT2D eigenvalue weighted by Gasteiger charge is -2.38. The number of rotatable bonds is 4. The van der Waals surface area contributed by atoms with Gasteiger partial charge in [0.2, 0.25) is 0 Å². The van der Waals surface area contributed by atoms with Gasteiger partial charge < -0.3 is 10.5 Å². The van der Waals surface area contributed by atoms with Gasteiger partial charge in [-0.15, -0.1) is 0 Å². The van der Waals surface area contributed by atoms with Gasteiger partial charge in [-0.25, -0.2) is 0 Å². The van der Waals surface area contributed by atoms with Gasteiger partial charge in [0.25, 0.3) is 0 Å². The molecule has 1 atom stereocenters. The van der Waals surface area contributed by atoms with Crippen LogP contribution in [0.5, 0.6) is 5.75 Å². The molecule has 0 spiro atoms. The lowest BCUT2D eigenvalue weighted by molar-refractivity contribution is 0.119. The Hall–Kier alpha value is -1.06. The van der Waals surface area contributed by atoms with Gasteiger partial charge in [-0.1, -0.05) is 12.1 Å². The van der Waals surface area contributed by atoms with Crippen molar-refractivity contribution in [1.29, 1.82) is 0 Å². The highest BCUT2D eigenvalue weighted by atomic mass is 16.5. The van der Waals surface area contributed by atoms with E-state index >= 15 is 0 Å². The monoisotopic (exact) mass is 248 g/mol. The van der Waals surface area contributed by atoms with Crippen molar-refractivity contribution >= 4 is 0 Å². The highest BCUT2D eigenvalue weighted by molar-refractivity contribution is 5.31. The van der Waals surface area contributed by atoms with Crippen LogP contribution in [0, 0.1) is 0 Å². The van der Waals surface area contributed by atoms with E-state index in [0.29, 0.717) is 6.54 Å². The second kappa shape index (κ2) is 5.29. The molecule has 0 radical (unpaired) electrons. The Bertz CT molecular complexity index is 403. The molecule has 1 heterocycles. The zero-order chi connectivity index (χ0) is 13.2. The Kier molecular flexibility index (Phi) is 3.93. The van der Waals surface area contributed by atoms with E-state index in [1.807, 2.05) is 12.1 Å². The minimum Gasteiger partial charge on any atom is -0.497 e. The molecule has 1 aliphatic rings. The summed E-state index contributed by atoms with van der Waals surface area (Å²) in [6, 6.07) is 8.56. The Balaban J connectivity index is 2.27. The second-order valence-electron chi connectivity index (χ2n) is 5.64. The molecule has 1 saturated heterocycles. The van der Waals surface area contributed by atoms with Crippen LogP contribution in [0.4, 0.5) is 0 Å². The smallest absolute Gasteiger partial charge is 0.119 e. The van der Waals surface area contributed by atoms with Crippen LogP contribution in [0.15, 0.2) is 24.3 Å². The van der Waals surface area contributed by atoms with Gasteiger partial charge in [0.1, 0.15) is 5.75 Å². The fourth-order valence-corrected chi connectivity index (χ4v) is 3.00. The van der Waals surface area contributed by atoms with E-state index in [4.69, 9.17) is 10.5 Å². The normalized spacial score (nSPS) is 20.9. The molecule has 2 rings (SSSR count). The predicted molar refractivity (Wildman–Crippen MR) is 74.8 cm³/mol. The fraction of sp³-hybridized carbons (Fsp3) is 0.600. The van der Waals surface area contributed by atoms with Crippen LogP contribution < -0.4 is 10.5 Å². The highest BCUT2D eigenvalue weighted by Gasteiger charge is 2.36. The summed E-state index contributed by atoms with van der Waals surface area (Å²) >= 11 is 0. The number of benzene rings is 1. The predicted octanol–water partition coefficient (Wildman–Crippen LogP) is 2.57. The zero-order valence-corrected chi connectivity index (χ0v) is 11.6. The number of nitrogens with zero attached hydrogens (tertiary/aromatic N) is 1. The molecule has 0 aliphatic carbocycles. The molecule has 0 saturated carbocycles. The minimum atomic E-state index is 0.243. The molecule has 1 fully saturated rings. The Morgan fingerprint density at radius 2 is 2.22 bits per heavy atom. The largest absolute Gasteiger partial charge is 0.497 e. The van der Waals surface area contributed by atoms with Gasteiger partial charge in [-0.05, 0) is 50.9 Å². The lowest BCUT2D eigenvalue weighted by atomic mass is 9.97. The molecule has 18 heavy (non-hydrogen) atoms. The summed E-state index contributed by atoms with van der Waals surface area (Å²) in [5, 5.41) is 0. The van der Waals surface area contributed by atoms with Crippen molar-refractivity contribution in [2.24, 2.45) is 5.73 Å². The molecular formula is C15H24N2O. The summed E-state index contributed by atoms with van der Waals surface area (Å²) in [4.78, 5) is 2.53. The summed E-state index contributed by atoms with van der Waals surface area (Å²) in [6.07, 6.45) is 2.50. The van der Waals surface area contributed by atoms with E-state index in [-0.39, 0.29) is 11.6 Å². The second-order valence-corrected chi connectivity index (χ2v) is 5.64. The molecule has 1 unspecified atom stereocenters. The van der Waals surface area contributed by atoms with Crippen molar-refractivity contribution in [3.05, 3.63) is 29.8 Å². The molecule has 1 aliphatic heterocycles. The first-order chi connectivity index (χ1) is 8.58. The van der Waals surface area contributed by atoms with E-state index < -0.39 is 0 Å². The van der Waals surface area contributed by atoms with Crippen molar-refractivity contribution < 1.29 is 4.74 Å². The third-order valence-electron chi connectivity index (χ3n) is 4.04. The van der Waals surface area contributed by atoms with Crippen LogP contribution in [-0.2, 0) is 0 Å². The molecule has 2 N–H and O–H groups in total. The van der Waals surface area contributed by atoms with E-state index in [1.54, 1.807) is 7.11 Å². The number of ether oxygens (including phenoxy) is 1. The van der Waals surface area contributed by atoms with Gasteiger partial charge in [0, 0.05) is 18.1 Å². The van der Waals surface area contributed by atoms with E-state index in [2.05, 4.69) is 30.9 Å². The SMILES string of the molecule is COc1cccc(C(CN)N2CCCC2(C)C)c1. The van der Waals surface area contributed by atoms with Gasteiger partial charge in [0.05, 0.1) is 7.11 Å². The fourth-order valence-electron chi connectivity index (χ4n) is 3.00. The number of likely N-dealkylation sites (tertiary alicyclic amines) is 1. The third kappa shape index (κ3) is 2.52. The molecule has 0 amide bonds. The molecule has 1 aromatic carbocycles. The van der Waals surface area contributed by atoms with Gasteiger partial charge in [-0.2, -0.15) is 0 Å². The lowest BCUT2D eigenvalue weighted by Crippen LogP contribution is -2.43. The number of nitrogens with two attached hydrogens (primary N) is 1. The van der Waals surface area contributed by atoms with Crippen molar-refractivity contribution in [2.45, 2.75) is 38.3 Å². The highest BCUT2D eigenvalue weighted by Crippen LogP contribution is 2.36. The first-order valence-electron chi connectivity index (χ1n) is 6.69. The zero-order valence-electron chi connectivity index (χ0n) is 11.6. The summed E-state index contributed by atoms with van der Waals surface area (Å²) in [5.41, 5.74) is 7.51. The number of hydrogen-bond donors (Lipinski definition) is 1. The summed E-state index contributed by atoms with van der Waals surface area (Å²) < 4.78 is 5.30. The standard InChI is InChI=1S/C15H24N2O/c1-15(2)8-5-9-17(15)14(11-16)12-6-4-7-13(10-12)18-3/h4,6-7,10,14H,5,8-9,11,16H2,1-3H3. The minimum absolute atomic E-state index is 0.243. The van der Waals surface area contributed by atoms with Crippen LogP contribution in [-0.4, -0.2) is 30.6 Å². The Labute approximate surface area is 110 Å². The van der Waals surface area contributed by atoms with Crippen LogP contribution >= 0.6 is 0 Å². The first-order valence-corrected chi connectivity index (χ1v) is 6.69. The van der Waals surface area contributed by atoms with Crippen LogP contribution in [0.2, 0.25) is 0 Å². The Morgan fingerprint density at radius 1 is 1.44 bits per heavy atom. The van der Waals surface area contributed by atoms with Gasteiger partial charge in [-0.3, -0.25) is 4.90 Å². The molecule has 3 nitrogen and oxygen atoms in total. The molecular weight excluding hydrogens is 224 g/mol. The summed E-state index contributed by atoms with van der Waals surface area (Å²) in [6.45, 7) is 6.40. The molecule has 0 aromatic heterocycles. The van der Waals surface area contributed by atoms with E-state index in [1.165, 1.54) is 18.4 Å². The maximum Gasteiger partial charge on any atom is 0.119 e. The molecule has 0 bridgehead atoms. The summed E-state index contributed by atoms with van der Waals surface area (Å²) in [7, 11) is 1.70. The van der Waals surface area contributed by atoms with Crippen LogP contribution in [0.3, 0.4) is 0 Å². The van der Waals surface area contributed by atoms with E-state index in [9.17, 15) is 0 Å². The molecule has 100 valence electrons. The van der Waals surface area contributed by atoms with Crippen molar-refractivity contribution in [2.75, 3.05) is 20.2 Å². The maximum absolute atomic E-state index is 6.01. The van der Waals surface area contributed by atoms with Gasteiger partial charge >= 0.3 is 0 Å². The first kappa shape index (κ1) is 13.4. The van der Waals surface area contributed by atoms with Crippen molar-refractivity contribution in [3.8, 4) is 5.75 Å². The molecule has 3 heteroatoms. The number of methoxy groups -OCH3 is 1. The molecule has 1 aromatic rings. The quantitative estimate of drug-likeness (QED) is 0.890. The van der Waals surface area contributed by atoms with Crippen molar-refractivity contribution in [3.63, 3.8) is 0 Å². The van der Waals surface area contributed by atoms with E-state index in [0.717, 1.165) is 12.3 Å². The van der Waals surface area contributed by atoms with Crippen LogP contribution in [0.25, 0.3) is 0 Å². The third-order valence-corrected chi connectivity index (χ3v) is 4.04. The maximum atomic E-state index is 6.01.